The maximum absolute atomic E-state index is 7.96. The molecule has 0 aromatic carbocycles. The summed E-state index contributed by atoms with van der Waals surface area (Å²) in [5.41, 5.74) is 9.40. The molecule has 11 nitrogen and oxygen atoms in total. The first kappa shape index (κ1) is 19.8. The summed E-state index contributed by atoms with van der Waals surface area (Å²) in [6.07, 6.45) is 7.99. The molecule has 0 bridgehead atoms. The van der Waals surface area contributed by atoms with Gasteiger partial charge in [0, 0.05) is 24.0 Å². The van der Waals surface area contributed by atoms with Crippen LogP contribution in [0.5, 0.6) is 0 Å². The average Bonchev–Trinajstić information content (AvgIpc) is 3.55. The predicted octanol–water partition coefficient (Wildman–Crippen LogP) is 2.79. The summed E-state index contributed by atoms with van der Waals surface area (Å²) in [5.74, 6) is 2.34. The van der Waals surface area contributed by atoms with Gasteiger partial charge in [-0.3, -0.25) is 9.67 Å². The van der Waals surface area contributed by atoms with Crippen molar-refractivity contribution in [2.75, 3.05) is 4.90 Å². The van der Waals surface area contributed by atoms with Crippen molar-refractivity contribution in [2.24, 2.45) is 5.73 Å². The van der Waals surface area contributed by atoms with E-state index >= 15 is 0 Å². The van der Waals surface area contributed by atoms with Crippen molar-refractivity contribution in [1.29, 1.82) is 5.41 Å². The molecule has 0 spiro atoms. The number of nitrogens with zero attached hydrogens (tertiary/aromatic N) is 8. The number of H-pyrrole nitrogens is 1. The number of anilines is 2. The molecule has 0 saturated carbocycles. The molecule has 4 aromatic heterocycles. The van der Waals surface area contributed by atoms with Gasteiger partial charge in [-0.15, -0.1) is 21.5 Å². The van der Waals surface area contributed by atoms with Crippen molar-refractivity contribution in [1.82, 2.24) is 39.9 Å². The predicted molar refractivity (Wildman–Crippen MR) is 122 cm³/mol. The van der Waals surface area contributed by atoms with E-state index in [2.05, 4.69) is 36.9 Å². The maximum Gasteiger partial charge on any atom is 0.165 e. The number of hydrogen-bond acceptors (Lipinski definition) is 10. The fraction of sp³-hybridized carbons (Fsp3) is 0.150. The van der Waals surface area contributed by atoms with E-state index in [1.54, 1.807) is 24.8 Å². The summed E-state index contributed by atoms with van der Waals surface area (Å²) in [5, 5.41) is 26.0. The third-order valence-electron chi connectivity index (χ3n) is 5.14. The van der Waals surface area contributed by atoms with Gasteiger partial charge in [0.25, 0.3) is 0 Å². The molecule has 5 heterocycles. The Balaban J connectivity index is 1.78. The average molecular weight is 446 g/mol. The van der Waals surface area contributed by atoms with E-state index in [0.717, 1.165) is 17.5 Å². The number of nitrogens with two attached hydrogens (primary N) is 1. The van der Waals surface area contributed by atoms with Crippen molar-refractivity contribution in [3.63, 3.8) is 0 Å². The van der Waals surface area contributed by atoms with E-state index in [4.69, 9.17) is 16.1 Å². The molecule has 12 heteroatoms. The van der Waals surface area contributed by atoms with E-state index < -0.39 is 0 Å². The summed E-state index contributed by atoms with van der Waals surface area (Å²) in [4.78, 5) is 15.6. The molecule has 32 heavy (non-hydrogen) atoms. The van der Waals surface area contributed by atoms with Gasteiger partial charge >= 0.3 is 0 Å². The first-order valence-electron chi connectivity index (χ1n) is 9.64. The topological polar surface area (TPSA) is 151 Å². The number of aryl methyl sites for hydroxylation is 1. The fourth-order valence-corrected chi connectivity index (χ4v) is 4.35. The number of thiazole rings is 1. The smallest absolute Gasteiger partial charge is 0.165 e. The van der Waals surface area contributed by atoms with Crippen LogP contribution in [0.3, 0.4) is 0 Å². The highest BCUT2D eigenvalue weighted by Gasteiger charge is 2.37. The number of rotatable bonds is 5. The molecule has 5 rings (SSSR count). The van der Waals surface area contributed by atoms with Crippen LogP contribution in [0.15, 0.2) is 42.3 Å². The molecule has 0 fully saturated rings. The molecular formula is C20H19N11S. The molecule has 1 aliphatic rings. The van der Waals surface area contributed by atoms with Crippen molar-refractivity contribution < 1.29 is 0 Å². The lowest BCUT2D eigenvalue weighted by Crippen LogP contribution is -2.33. The highest BCUT2D eigenvalue weighted by molar-refractivity contribution is 7.10. The second-order valence-corrected chi connectivity index (χ2v) is 8.12. The Bertz CT molecular complexity index is 1350. The van der Waals surface area contributed by atoms with E-state index in [-0.39, 0.29) is 6.04 Å². The summed E-state index contributed by atoms with van der Waals surface area (Å²) < 4.78 is 1.92. The van der Waals surface area contributed by atoms with E-state index in [1.165, 1.54) is 11.3 Å². The molecule has 0 aliphatic carbocycles. The van der Waals surface area contributed by atoms with Crippen LogP contribution in [0.4, 0.5) is 11.5 Å². The third kappa shape index (κ3) is 2.92. The highest BCUT2D eigenvalue weighted by atomic mass is 32.1. The van der Waals surface area contributed by atoms with Crippen LogP contribution in [0.25, 0.3) is 17.0 Å². The van der Waals surface area contributed by atoms with Crippen LogP contribution in [-0.4, -0.2) is 46.1 Å². The number of aromatic nitrogens is 8. The summed E-state index contributed by atoms with van der Waals surface area (Å²) >= 11 is 1.39. The van der Waals surface area contributed by atoms with Crippen LogP contribution >= 0.6 is 11.3 Å². The lowest BCUT2D eigenvalue weighted by Gasteiger charge is -2.37. The van der Waals surface area contributed by atoms with Crippen molar-refractivity contribution >= 4 is 40.3 Å². The van der Waals surface area contributed by atoms with Gasteiger partial charge < -0.3 is 16.0 Å². The van der Waals surface area contributed by atoms with Gasteiger partial charge in [-0.1, -0.05) is 12.2 Å². The molecule has 0 amide bonds. The van der Waals surface area contributed by atoms with Gasteiger partial charge in [-0.25, -0.2) is 15.0 Å². The van der Waals surface area contributed by atoms with Gasteiger partial charge in [-0.05, 0) is 13.8 Å². The minimum atomic E-state index is -0.326. The highest BCUT2D eigenvalue weighted by Crippen LogP contribution is 2.44. The molecule has 0 radical (unpaired) electrons. The van der Waals surface area contributed by atoms with E-state index in [0.29, 0.717) is 45.3 Å². The first-order chi connectivity index (χ1) is 15.5. The molecule has 1 atom stereocenters. The second-order valence-electron chi connectivity index (χ2n) is 7.23. The number of allylic oxidation sites excluding steroid dienone is 1. The monoisotopic (exact) mass is 445 g/mol. The van der Waals surface area contributed by atoms with Gasteiger partial charge in [0.2, 0.25) is 0 Å². The quantitative estimate of drug-likeness (QED) is 0.313. The molecule has 1 aliphatic heterocycles. The Morgan fingerprint density at radius 2 is 2.16 bits per heavy atom. The molecule has 160 valence electrons. The first-order valence-corrected chi connectivity index (χ1v) is 10.5. The van der Waals surface area contributed by atoms with Crippen LogP contribution in [0.1, 0.15) is 35.4 Å². The van der Waals surface area contributed by atoms with E-state index in [1.807, 2.05) is 28.7 Å². The van der Waals surface area contributed by atoms with Crippen LogP contribution < -0.4 is 10.6 Å². The lowest BCUT2D eigenvalue weighted by atomic mass is 10.0. The van der Waals surface area contributed by atoms with Gasteiger partial charge in [-0.2, -0.15) is 5.10 Å². The Morgan fingerprint density at radius 1 is 1.31 bits per heavy atom. The standard InChI is InChI=1S/C20H19N11S/c1-10(2)16-19-29-28-11(3)30(19)14-9-24-17(13(6-21)15(22)20-23-4-5-32-20)27-18(14)31(16)12-7-25-26-8-12/h4-9,16,21H,1,22H2,2-3H3,(H,25,26)/b15-13+,21-6?/t16-/m0/s1. The number of aromatic amines is 1. The van der Waals surface area contributed by atoms with Crippen LogP contribution in [-0.2, 0) is 0 Å². The Kier molecular flexibility index (Phi) is 4.63. The van der Waals surface area contributed by atoms with E-state index in [9.17, 15) is 0 Å². The molecule has 4 N–H and O–H groups in total. The Hall–Kier alpha value is -4.19. The van der Waals surface area contributed by atoms with Gasteiger partial charge in [0.1, 0.15) is 22.6 Å². The molecule has 0 saturated heterocycles. The zero-order valence-electron chi connectivity index (χ0n) is 17.3. The molecule has 0 unspecified atom stereocenters. The zero-order chi connectivity index (χ0) is 22.4. The SMILES string of the molecule is C=C(C)[C@H]1c2nnc(C)n2-c2cnc(/C(C=N)=C(/N)c3nccs3)nc2N1c1cn[nH]c1. The Labute approximate surface area is 186 Å². The minimum Gasteiger partial charge on any atom is -0.396 e. The normalized spacial score (nSPS) is 15.7. The molecular weight excluding hydrogens is 426 g/mol. The fourth-order valence-electron chi connectivity index (χ4n) is 3.74. The Morgan fingerprint density at radius 3 is 2.81 bits per heavy atom. The van der Waals surface area contributed by atoms with Gasteiger partial charge in [0.15, 0.2) is 17.5 Å². The van der Waals surface area contributed by atoms with Crippen molar-refractivity contribution in [2.45, 2.75) is 19.9 Å². The summed E-state index contributed by atoms with van der Waals surface area (Å²) in [7, 11) is 0. The number of fused-ring (bicyclic) bond motifs is 3. The van der Waals surface area contributed by atoms with Crippen molar-refractivity contribution in [3.05, 3.63) is 64.8 Å². The van der Waals surface area contributed by atoms with Gasteiger partial charge in [0.05, 0.1) is 29.4 Å². The van der Waals surface area contributed by atoms with Crippen LogP contribution in [0, 0.1) is 12.3 Å². The molecule has 4 aromatic rings. The van der Waals surface area contributed by atoms with Crippen molar-refractivity contribution in [3.8, 4) is 5.69 Å². The number of nitrogens with one attached hydrogen (secondary N) is 2. The summed E-state index contributed by atoms with van der Waals surface area (Å²) in [6.45, 7) is 8.00. The van der Waals surface area contributed by atoms with Crippen LogP contribution in [0.2, 0.25) is 0 Å². The number of hydrogen-bond donors (Lipinski definition) is 3. The minimum absolute atomic E-state index is 0.314. The lowest BCUT2D eigenvalue weighted by molar-refractivity contribution is 0.672. The zero-order valence-corrected chi connectivity index (χ0v) is 18.1. The summed E-state index contributed by atoms with van der Waals surface area (Å²) in [6, 6.07) is -0.326. The maximum atomic E-state index is 7.96. The third-order valence-corrected chi connectivity index (χ3v) is 5.95. The largest absolute Gasteiger partial charge is 0.396 e. The second kappa shape index (κ2) is 7.50.